The van der Waals surface area contributed by atoms with Gasteiger partial charge in [0, 0.05) is 12.4 Å². The summed E-state index contributed by atoms with van der Waals surface area (Å²) in [5.74, 6) is 0.716. The van der Waals surface area contributed by atoms with Crippen LogP contribution < -0.4 is 0 Å². The number of allylic oxidation sites excluding steroid dienone is 6. The molecule has 4 heterocycles. The lowest BCUT2D eigenvalue weighted by Crippen LogP contribution is -2.32. The maximum atomic E-state index is 12.0. The van der Waals surface area contributed by atoms with Crippen LogP contribution in [0, 0.1) is 0 Å². The first-order valence-electron chi connectivity index (χ1n) is 7.15. The SMILES string of the molecule is O=C1N=C2C=CC=CN2C1=CC=CC1C(=O)N=C2C=CC=CN21. The summed E-state index contributed by atoms with van der Waals surface area (Å²) in [5.41, 5.74) is 0.456. The van der Waals surface area contributed by atoms with Gasteiger partial charge in [-0.1, -0.05) is 24.3 Å². The molecule has 0 saturated heterocycles. The van der Waals surface area contributed by atoms with Crippen LogP contribution in [0.3, 0.4) is 0 Å². The first-order valence-corrected chi connectivity index (χ1v) is 7.15. The molecule has 23 heavy (non-hydrogen) atoms. The van der Waals surface area contributed by atoms with Crippen LogP contribution in [0.15, 0.2) is 82.8 Å². The first-order chi connectivity index (χ1) is 11.2. The van der Waals surface area contributed by atoms with Crippen molar-refractivity contribution in [1.29, 1.82) is 0 Å². The number of carbonyl (C=O) groups excluding carboxylic acids is 2. The van der Waals surface area contributed by atoms with Gasteiger partial charge in [-0.25, -0.2) is 0 Å². The molecule has 6 nitrogen and oxygen atoms in total. The van der Waals surface area contributed by atoms with Gasteiger partial charge in [0.05, 0.1) is 0 Å². The van der Waals surface area contributed by atoms with Crippen LogP contribution in [0.4, 0.5) is 0 Å². The van der Waals surface area contributed by atoms with Crippen molar-refractivity contribution in [2.45, 2.75) is 6.04 Å². The van der Waals surface area contributed by atoms with Gasteiger partial charge in [-0.15, -0.1) is 0 Å². The van der Waals surface area contributed by atoms with Crippen molar-refractivity contribution in [3.63, 3.8) is 0 Å². The molecule has 0 saturated carbocycles. The Labute approximate surface area is 132 Å². The largest absolute Gasteiger partial charge is 0.317 e. The molecule has 112 valence electrons. The molecule has 0 aromatic carbocycles. The summed E-state index contributed by atoms with van der Waals surface area (Å²) in [7, 11) is 0. The molecule has 0 fully saturated rings. The Bertz CT molecular complexity index is 837. The number of fused-ring (bicyclic) bond motifs is 2. The van der Waals surface area contributed by atoms with Crippen LogP contribution in [0.1, 0.15) is 0 Å². The van der Waals surface area contributed by atoms with Crippen molar-refractivity contribution < 1.29 is 9.59 Å². The van der Waals surface area contributed by atoms with Crippen LogP contribution in [0.2, 0.25) is 0 Å². The summed E-state index contributed by atoms with van der Waals surface area (Å²) in [5, 5.41) is 0. The minimum Gasteiger partial charge on any atom is -0.317 e. The highest BCUT2D eigenvalue weighted by atomic mass is 16.2. The van der Waals surface area contributed by atoms with Crippen LogP contribution in [-0.2, 0) is 9.59 Å². The Morgan fingerprint density at radius 1 is 0.957 bits per heavy atom. The third kappa shape index (κ3) is 2.20. The molecular formula is C17H12N4O2. The molecular weight excluding hydrogens is 292 g/mol. The molecule has 0 N–H and O–H groups in total. The average Bonchev–Trinajstić information content (AvgIpc) is 3.04. The van der Waals surface area contributed by atoms with Gasteiger partial charge in [-0.2, -0.15) is 9.98 Å². The van der Waals surface area contributed by atoms with E-state index in [0.717, 1.165) is 0 Å². The Balaban J connectivity index is 1.54. The summed E-state index contributed by atoms with van der Waals surface area (Å²) < 4.78 is 0. The highest BCUT2D eigenvalue weighted by molar-refractivity contribution is 6.15. The second-order valence-electron chi connectivity index (χ2n) is 5.14. The van der Waals surface area contributed by atoms with Gasteiger partial charge in [-0.05, 0) is 30.4 Å². The van der Waals surface area contributed by atoms with E-state index in [2.05, 4.69) is 9.98 Å². The molecule has 2 amide bonds. The third-order valence-electron chi connectivity index (χ3n) is 3.73. The number of aliphatic imine (C=N–C) groups is 2. The molecule has 4 aliphatic heterocycles. The van der Waals surface area contributed by atoms with Gasteiger partial charge in [-0.3, -0.25) is 14.5 Å². The van der Waals surface area contributed by atoms with Crippen LogP contribution in [0.5, 0.6) is 0 Å². The van der Waals surface area contributed by atoms with Crippen LogP contribution >= 0.6 is 0 Å². The molecule has 0 aliphatic carbocycles. The monoisotopic (exact) mass is 304 g/mol. The normalized spacial score (nSPS) is 26.4. The summed E-state index contributed by atoms with van der Waals surface area (Å²) >= 11 is 0. The van der Waals surface area contributed by atoms with Gasteiger partial charge >= 0.3 is 0 Å². The lowest BCUT2D eigenvalue weighted by Gasteiger charge is -2.20. The second kappa shape index (κ2) is 5.17. The smallest absolute Gasteiger partial charge is 0.295 e. The van der Waals surface area contributed by atoms with Gasteiger partial charge in [0.25, 0.3) is 11.8 Å². The van der Waals surface area contributed by atoms with Crippen molar-refractivity contribution in [1.82, 2.24) is 9.80 Å². The zero-order chi connectivity index (χ0) is 15.8. The Hall–Kier alpha value is -3.28. The standard InChI is InChI=1S/C17H12N4O2/c22-16-12(20-10-3-1-8-14(20)18-16)6-5-7-13-17(23)19-15-9-2-4-11-21(13)15/h1-12H. The molecule has 0 bridgehead atoms. The van der Waals surface area contributed by atoms with Gasteiger partial charge in [0.2, 0.25) is 0 Å². The minimum atomic E-state index is -0.475. The summed E-state index contributed by atoms with van der Waals surface area (Å²) in [6.45, 7) is 0. The van der Waals surface area contributed by atoms with Crippen molar-refractivity contribution in [3.05, 3.63) is 72.8 Å². The Morgan fingerprint density at radius 3 is 2.61 bits per heavy atom. The molecule has 0 aromatic rings. The maximum Gasteiger partial charge on any atom is 0.295 e. The predicted molar refractivity (Wildman–Crippen MR) is 86.1 cm³/mol. The van der Waals surface area contributed by atoms with Gasteiger partial charge in [0.1, 0.15) is 23.4 Å². The number of hydrogen-bond acceptors (Lipinski definition) is 4. The average molecular weight is 304 g/mol. The van der Waals surface area contributed by atoms with Crippen molar-refractivity contribution in [3.8, 4) is 0 Å². The van der Waals surface area contributed by atoms with Crippen molar-refractivity contribution >= 4 is 23.5 Å². The third-order valence-corrected chi connectivity index (χ3v) is 3.73. The summed E-state index contributed by atoms with van der Waals surface area (Å²) in [6.07, 6.45) is 19.6. The molecule has 1 atom stereocenters. The zero-order valence-corrected chi connectivity index (χ0v) is 12.0. The van der Waals surface area contributed by atoms with E-state index in [4.69, 9.17) is 0 Å². The maximum absolute atomic E-state index is 12.0. The van der Waals surface area contributed by atoms with E-state index in [1.54, 1.807) is 46.4 Å². The second-order valence-corrected chi connectivity index (χ2v) is 5.14. The predicted octanol–water partition coefficient (Wildman–Crippen LogP) is 1.44. The molecule has 0 spiro atoms. The molecule has 4 aliphatic rings. The number of rotatable bonds is 2. The fourth-order valence-corrected chi connectivity index (χ4v) is 2.65. The fraction of sp³-hybridized carbons (Fsp3) is 0.0588. The number of hydrogen-bond donors (Lipinski definition) is 0. The Morgan fingerprint density at radius 2 is 1.74 bits per heavy atom. The van der Waals surface area contributed by atoms with E-state index in [-0.39, 0.29) is 11.8 Å². The molecule has 6 heteroatoms. The summed E-state index contributed by atoms with van der Waals surface area (Å²) in [4.78, 5) is 35.4. The van der Waals surface area contributed by atoms with Crippen molar-refractivity contribution in [2.75, 3.05) is 0 Å². The highest BCUT2D eigenvalue weighted by Gasteiger charge is 2.31. The summed E-state index contributed by atoms with van der Waals surface area (Å²) in [6, 6.07) is -0.475. The number of nitrogens with zero attached hydrogens (tertiary/aromatic N) is 4. The van der Waals surface area contributed by atoms with E-state index in [1.807, 2.05) is 30.5 Å². The van der Waals surface area contributed by atoms with Crippen LogP contribution in [-0.4, -0.2) is 39.3 Å². The molecule has 1 unspecified atom stereocenters. The van der Waals surface area contributed by atoms with E-state index < -0.39 is 6.04 Å². The quantitative estimate of drug-likeness (QED) is 0.724. The lowest BCUT2D eigenvalue weighted by molar-refractivity contribution is -0.118. The number of carbonyl (C=O) groups is 2. The minimum absolute atomic E-state index is 0.221. The van der Waals surface area contributed by atoms with Crippen LogP contribution in [0.25, 0.3) is 0 Å². The van der Waals surface area contributed by atoms with E-state index >= 15 is 0 Å². The van der Waals surface area contributed by atoms with Gasteiger partial charge in [0.15, 0.2) is 0 Å². The molecule has 4 rings (SSSR count). The van der Waals surface area contributed by atoms with Crippen molar-refractivity contribution in [2.24, 2.45) is 9.98 Å². The van der Waals surface area contributed by atoms with E-state index in [0.29, 0.717) is 17.4 Å². The number of amidine groups is 2. The fourth-order valence-electron chi connectivity index (χ4n) is 2.65. The molecule has 0 radical (unpaired) electrons. The van der Waals surface area contributed by atoms with E-state index in [9.17, 15) is 9.59 Å². The Kier molecular flexibility index (Phi) is 3.01. The number of amides is 2. The van der Waals surface area contributed by atoms with E-state index in [1.165, 1.54) is 0 Å². The zero-order valence-electron chi connectivity index (χ0n) is 12.0. The molecule has 0 aromatic heterocycles. The van der Waals surface area contributed by atoms with Gasteiger partial charge < -0.3 is 4.90 Å². The lowest BCUT2D eigenvalue weighted by atomic mass is 10.2. The first kappa shape index (κ1) is 13.4. The highest BCUT2D eigenvalue weighted by Crippen LogP contribution is 2.21. The topological polar surface area (TPSA) is 65.3 Å².